The Hall–Kier alpha value is -2.01. The van der Waals surface area contributed by atoms with Gasteiger partial charge in [-0.05, 0) is 29.8 Å². The van der Waals surface area contributed by atoms with Crippen LogP contribution in [0.3, 0.4) is 0 Å². The van der Waals surface area contributed by atoms with Crippen LogP contribution in [0.25, 0.3) is 4.91 Å². The van der Waals surface area contributed by atoms with Crippen LogP contribution in [0, 0.1) is 10.2 Å². The van der Waals surface area contributed by atoms with Gasteiger partial charge in [0.25, 0.3) is 5.91 Å². The number of rotatable bonds is 6. The van der Waals surface area contributed by atoms with Crippen LogP contribution in [0.15, 0.2) is 47.0 Å². The molecule has 0 aromatic heterocycles. The molecule has 26 heavy (non-hydrogen) atoms. The van der Waals surface area contributed by atoms with Gasteiger partial charge in [0.15, 0.2) is 0 Å². The molecule has 0 saturated carbocycles. The highest BCUT2D eigenvalue weighted by Crippen LogP contribution is 2.40. The van der Waals surface area contributed by atoms with Crippen LogP contribution in [0.5, 0.6) is 5.75 Å². The van der Waals surface area contributed by atoms with Gasteiger partial charge in [0, 0.05) is 19.5 Å². The molecule has 0 fully saturated rings. The molecule has 1 unspecified atom stereocenters. The Labute approximate surface area is 155 Å². The maximum atomic E-state index is 12.1. The van der Waals surface area contributed by atoms with Crippen molar-refractivity contribution in [1.82, 2.24) is 4.90 Å². The first-order valence-corrected chi connectivity index (χ1v) is 9.64. The predicted octanol–water partition coefficient (Wildman–Crippen LogP) is -1.01. The summed E-state index contributed by atoms with van der Waals surface area (Å²) in [5.41, 5.74) is 0.756. The summed E-state index contributed by atoms with van der Waals surface area (Å²) in [6, 6.07) is 6.77. The fourth-order valence-electron chi connectivity index (χ4n) is 1.92. The number of carbonyl (C=O) groups excluding carboxylic acids is 1. The zero-order valence-electron chi connectivity index (χ0n) is 14.2. The molecule has 8 nitrogen and oxygen atoms in total. The second-order valence-electron chi connectivity index (χ2n) is 5.25. The largest absolute Gasteiger partial charge is 0.497 e. The van der Waals surface area contributed by atoms with Crippen LogP contribution in [-0.4, -0.2) is 43.7 Å². The van der Waals surface area contributed by atoms with Crippen molar-refractivity contribution in [1.29, 1.82) is 0 Å². The number of benzene rings is 1. The van der Waals surface area contributed by atoms with Crippen molar-refractivity contribution in [2.75, 3.05) is 21.2 Å². The van der Waals surface area contributed by atoms with Crippen molar-refractivity contribution in [3.05, 3.63) is 47.6 Å². The average Bonchev–Trinajstić information content (AvgIpc) is 2.58. The lowest BCUT2D eigenvalue weighted by atomic mass is 10.1. The third-order valence-electron chi connectivity index (χ3n) is 3.04. The summed E-state index contributed by atoms with van der Waals surface area (Å²) in [5.74, 6) is 0.0405. The van der Waals surface area contributed by atoms with Crippen molar-refractivity contribution < 1.29 is 37.5 Å². The third kappa shape index (κ3) is 5.77. The van der Waals surface area contributed by atoms with E-state index in [4.69, 9.17) is 4.74 Å². The maximum absolute atomic E-state index is 12.1. The second kappa shape index (κ2) is 8.58. The van der Waals surface area contributed by atoms with Gasteiger partial charge in [0.05, 0.1) is 34.2 Å². The fraction of sp³-hybridized carbons (Fsp3) is 0.188. The van der Waals surface area contributed by atoms with Gasteiger partial charge in [-0.3, -0.25) is 4.79 Å². The molecule has 0 N–H and O–H groups in total. The number of hydrogen-bond acceptors (Lipinski definition) is 6. The Kier molecular flexibility index (Phi) is 6.70. The molecular weight excluding hydrogens is 384 g/mol. The maximum Gasteiger partial charge on any atom is 0.278 e. The van der Waals surface area contributed by atoms with Crippen LogP contribution in [0.4, 0.5) is 0 Å². The number of nitrogens with zero attached hydrogens (tertiary/aromatic N) is 2. The zero-order chi connectivity index (χ0) is 19.3. The summed E-state index contributed by atoms with van der Waals surface area (Å²) in [7, 11) is -1.32. The molecule has 1 atom stereocenters. The molecule has 1 aromatic carbocycles. The van der Waals surface area contributed by atoms with Crippen molar-refractivity contribution in [2.24, 2.45) is 4.99 Å². The molecule has 1 aliphatic heterocycles. The van der Waals surface area contributed by atoms with E-state index in [-0.39, 0.29) is 5.57 Å². The minimum absolute atomic E-state index is 0.127. The van der Waals surface area contributed by atoms with Gasteiger partial charge in [0.2, 0.25) is 0 Å². The summed E-state index contributed by atoms with van der Waals surface area (Å²) in [5, 5.41) is 1.28. The number of amides is 1. The first-order valence-electron chi connectivity index (χ1n) is 7.20. The molecule has 0 aliphatic carbocycles. The Morgan fingerprint density at radius 1 is 1.19 bits per heavy atom. The molecule has 140 valence electrons. The highest BCUT2D eigenvalue weighted by Gasteiger charge is 2.28. The summed E-state index contributed by atoms with van der Waals surface area (Å²) in [6.07, 6.45) is 4.35. The van der Waals surface area contributed by atoms with E-state index in [1.54, 1.807) is 43.3 Å². The first kappa shape index (κ1) is 20.3. The third-order valence-corrected chi connectivity index (χ3v) is 5.47. The summed E-state index contributed by atoms with van der Waals surface area (Å²) < 4.78 is 42.9. The van der Waals surface area contributed by atoms with Gasteiger partial charge in [0.1, 0.15) is 20.3 Å². The van der Waals surface area contributed by atoms with Crippen molar-refractivity contribution in [3.8, 4) is 5.75 Å². The van der Waals surface area contributed by atoms with Gasteiger partial charge in [-0.25, -0.2) is 0 Å². The number of aliphatic imine (C=N–C) groups is 1. The fourth-order valence-corrected chi connectivity index (χ4v) is 4.11. The molecule has 0 saturated heterocycles. The van der Waals surface area contributed by atoms with Crippen LogP contribution < -0.4 is 18.7 Å². The molecule has 1 heterocycles. The topological polar surface area (TPSA) is 120 Å². The molecule has 1 aliphatic rings. The Balaban J connectivity index is 2.39. The lowest BCUT2D eigenvalue weighted by molar-refractivity contribution is -1.91. The van der Waals surface area contributed by atoms with Crippen LogP contribution in [0.1, 0.15) is 5.56 Å². The SMILES string of the molecule is COc1ccc(C2=CC=C(C(=O)N=CN(C)C)C=S2O[Cl+3]([O-])([O-])[O-])cc1. The van der Waals surface area contributed by atoms with E-state index in [1.807, 2.05) is 0 Å². The summed E-state index contributed by atoms with van der Waals surface area (Å²) >= 11 is 0. The molecular formula is C16H17ClN2O6S. The molecule has 10 heteroatoms. The normalized spacial score (nSPS) is 17.4. The van der Waals surface area contributed by atoms with Gasteiger partial charge in [-0.15, -0.1) is 0 Å². The number of ether oxygens (including phenoxy) is 1. The minimum Gasteiger partial charge on any atom is -0.497 e. The number of allylic oxidation sites excluding steroid dienone is 2. The smallest absolute Gasteiger partial charge is 0.278 e. The molecule has 1 aromatic rings. The first-order chi connectivity index (χ1) is 12.2. The van der Waals surface area contributed by atoms with Crippen molar-refractivity contribution in [2.45, 2.75) is 0 Å². The van der Waals surface area contributed by atoms with E-state index in [9.17, 15) is 18.8 Å². The highest BCUT2D eigenvalue weighted by molar-refractivity contribution is 8.19. The van der Waals surface area contributed by atoms with Gasteiger partial charge >= 0.3 is 0 Å². The molecule has 0 bridgehead atoms. The summed E-state index contributed by atoms with van der Waals surface area (Å²) in [6.45, 7) is 0. The van der Waals surface area contributed by atoms with Gasteiger partial charge in [-0.2, -0.15) is 19.0 Å². The van der Waals surface area contributed by atoms with E-state index in [0.29, 0.717) is 16.2 Å². The van der Waals surface area contributed by atoms with Crippen molar-refractivity contribution >= 4 is 33.3 Å². The lowest BCUT2D eigenvalue weighted by Crippen LogP contribution is -2.60. The Bertz CT molecular complexity index is 794. The van der Waals surface area contributed by atoms with Crippen molar-refractivity contribution in [3.63, 3.8) is 0 Å². The van der Waals surface area contributed by atoms with E-state index in [0.717, 1.165) is 0 Å². The monoisotopic (exact) mass is 400 g/mol. The van der Waals surface area contributed by atoms with E-state index in [1.165, 1.54) is 31.0 Å². The summed E-state index contributed by atoms with van der Waals surface area (Å²) in [4.78, 5) is 17.8. The number of halogens is 1. The molecule has 0 spiro atoms. The average molecular weight is 401 g/mol. The quantitative estimate of drug-likeness (QED) is 0.341. The van der Waals surface area contributed by atoms with Gasteiger partial charge < -0.3 is 9.64 Å². The van der Waals surface area contributed by atoms with Crippen LogP contribution in [-0.2, 0) is 8.53 Å². The number of methoxy groups -OCH3 is 1. The molecule has 1 amide bonds. The zero-order valence-corrected chi connectivity index (χ0v) is 15.8. The van der Waals surface area contributed by atoms with E-state index < -0.39 is 26.9 Å². The van der Waals surface area contributed by atoms with Gasteiger partial charge in [-0.1, -0.05) is 12.1 Å². The Morgan fingerprint density at radius 2 is 1.85 bits per heavy atom. The number of carbonyl (C=O) groups is 1. The molecule has 2 rings (SSSR count). The Morgan fingerprint density at radius 3 is 2.38 bits per heavy atom. The lowest BCUT2D eigenvalue weighted by Gasteiger charge is -2.17. The van der Waals surface area contributed by atoms with Crippen LogP contribution in [0.2, 0.25) is 0 Å². The number of hydrogen-bond donors (Lipinski definition) is 0. The van der Waals surface area contributed by atoms with E-state index >= 15 is 0 Å². The predicted molar refractivity (Wildman–Crippen MR) is 91.0 cm³/mol. The standard InChI is InChI=1S/C16H17ClN2O6S/c1-19(2)11-18-16(20)13-6-9-15(26(10-13)25-17(21,22)23)12-4-7-14(24-3)8-5-12/h4-11H,1-3H3. The minimum atomic E-state index is -4.68. The highest BCUT2D eigenvalue weighted by atomic mass is 35.7. The van der Waals surface area contributed by atoms with E-state index in [2.05, 4.69) is 8.73 Å². The second-order valence-corrected chi connectivity index (χ2v) is 7.78. The van der Waals surface area contributed by atoms with Crippen LogP contribution >= 0.6 is 10.8 Å². The molecule has 0 radical (unpaired) electrons.